The number of hydrogen-bond donors (Lipinski definition) is 1. The molecule has 0 saturated heterocycles. The molecule has 0 aliphatic heterocycles. The summed E-state index contributed by atoms with van der Waals surface area (Å²) in [5.74, 6) is 0.707. The zero-order valence-electron chi connectivity index (χ0n) is 10.5. The summed E-state index contributed by atoms with van der Waals surface area (Å²) in [5, 5.41) is 10.9. The number of aliphatic hydroxyl groups is 1. The third-order valence-corrected chi connectivity index (χ3v) is 4.54. The molecule has 0 spiro atoms. The minimum absolute atomic E-state index is 0.640. The van der Waals surface area contributed by atoms with Gasteiger partial charge >= 0.3 is 0 Å². The van der Waals surface area contributed by atoms with Crippen molar-refractivity contribution in [2.75, 3.05) is 0 Å². The van der Waals surface area contributed by atoms with E-state index in [2.05, 4.69) is 28.9 Å². The summed E-state index contributed by atoms with van der Waals surface area (Å²) in [5.41, 5.74) is 0.417. The average molecular weight is 297 g/mol. The van der Waals surface area contributed by atoms with Crippen molar-refractivity contribution in [3.63, 3.8) is 0 Å². The molecule has 0 radical (unpaired) electrons. The van der Waals surface area contributed by atoms with Gasteiger partial charge in [-0.15, -0.1) is 0 Å². The summed E-state index contributed by atoms with van der Waals surface area (Å²) >= 11 is 3.49. The van der Waals surface area contributed by atoms with Crippen LogP contribution in [0.15, 0.2) is 28.7 Å². The Labute approximate surface area is 112 Å². The minimum atomic E-state index is -0.640. The Morgan fingerprint density at radius 1 is 1.35 bits per heavy atom. The summed E-state index contributed by atoms with van der Waals surface area (Å²) in [6.07, 6.45) is 6.96. The van der Waals surface area contributed by atoms with Gasteiger partial charge in [0.15, 0.2) is 0 Å². The summed E-state index contributed by atoms with van der Waals surface area (Å²) in [6.45, 7) is 2.08. The highest BCUT2D eigenvalue weighted by molar-refractivity contribution is 9.10. The Morgan fingerprint density at radius 3 is 2.65 bits per heavy atom. The number of benzene rings is 1. The summed E-state index contributed by atoms with van der Waals surface area (Å²) in [6, 6.07) is 8.12. The lowest BCUT2D eigenvalue weighted by molar-refractivity contribution is 0.00761. The predicted molar refractivity (Wildman–Crippen MR) is 74.9 cm³/mol. The molecule has 1 atom stereocenters. The molecule has 1 N–H and O–H groups in total. The topological polar surface area (TPSA) is 20.2 Å². The van der Waals surface area contributed by atoms with Gasteiger partial charge in [-0.1, -0.05) is 60.7 Å². The van der Waals surface area contributed by atoms with Gasteiger partial charge in [-0.25, -0.2) is 0 Å². The van der Waals surface area contributed by atoms with Crippen LogP contribution in [-0.2, 0) is 5.60 Å². The van der Waals surface area contributed by atoms with E-state index < -0.39 is 5.60 Å². The zero-order chi connectivity index (χ0) is 12.3. The summed E-state index contributed by atoms with van der Waals surface area (Å²) in [7, 11) is 0. The molecule has 1 fully saturated rings. The first kappa shape index (κ1) is 13.1. The molecule has 2 rings (SSSR count). The van der Waals surface area contributed by atoms with Crippen molar-refractivity contribution in [3.05, 3.63) is 34.3 Å². The quantitative estimate of drug-likeness (QED) is 0.859. The molecule has 1 aromatic carbocycles. The fourth-order valence-electron chi connectivity index (χ4n) is 2.94. The van der Waals surface area contributed by atoms with Gasteiger partial charge < -0.3 is 5.11 Å². The van der Waals surface area contributed by atoms with Crippen molar-refractivity contribution in [1.82, 2.24) is 0 Å². The molecule has 0 amide bonds. The van der Waals surface area contributed by atoms with E-state index in [-0.39, 0.29) is 0 Å². The van der Waals surface area contributed by atoms with Gasteiger partial charge in [-0.2, -0.15) is 0 Å². The van der Waals surface area contributed by atoms with Crippen LogP contribution in [0.25, 0.3) is 0 Å². The van der Waals surface area contributed by atoms with Gasteiger partial charge in [0.2, 0.25) is 0 Å². The fourth-order valence-corrected chi connectivity index (χ4v) is 3.34. The van der Waals surface area contributed by atoms with E-state index in [1.807, 2.05) is 18.2 Å². The molecule has 1 aromatic rings. The van der Waals surface area contributed by atoms with Crippen molar-refractivity contribution < 1.29 is 5.11 Å². The van der Waals surface area contributed by atoms with Crippen LogP contribution < -0.4 is 0 Å². The van der Waals surface area contributed by atoms with Gasteiger partial charge in [-0.05, 0) is 36.5 Å². The van der Waals surface area contributed by atoms with Crippen LogP contribution in [0.4, 0.5) is 0 Å². The van der Waals surface area contributed by atoms with Crippen LogP contribution in [0.5, 0.6) is 0 Å². The SMILES string of the molecule is CCC(O)(CC1CCCC1)c1cccc(Br)c1. The van der Waals surface area contributed by atoms with Gasteiger partial charge in [0.1, 0.15) is 0 Å². The van der Waals surface area contributed by atoms with E-state index in [4.69, 9.17) is 0 Å². The molecule has 1 unspecified atom stereocenters. The van der Waals surface area contributed by atoms with E-state index in [0.29, 0.717) is 5.92 Å². The average Bonchev–Trinajstić information content (AvgIpc) is 2.81. The van der Waals surface area contributed by atoms with Crippen LogP contribution in [0.1, 0.15) is 51.0 Å². The Bertz CT molecular complexity index is 371. The number of hydrogen-bond acceptors (Lipinski definition) is 1. The lowest BCUT2D eigenvalue weighted by atomic mass is 9.82. The van der Waals surface area contributed by atoms with Crippen LogP contribution in [-0.4, -0.2) is 5.11 Å². The van der Waals surface area contributed by atoms with Crippen molar-refractivity contribution in [2.45, 2.75) is 51.0 Å². The molecule has 0 aromatic heterocycles. The summed E-state index contributed by atoms with van der Waals surface area (Å²) in [4.78, 5) is 0. The maximum Gasteiger partial charge on any atom is 0.0897 e. The molecule has 0 bridgehead atoms. The molecule has 1 nitrogen and oxygen atoms in total. The van der Waals surface area contributed by atoms with Crippen LogP contribution in [0.2, 0.25) is 0 Å². The zero-order valence-corrected chi connectivity index (χ0v) is 12.0. The van der Waals surface area contributed by atoms with E-state index in [1.165, 1.54) is 25.7 Å². The van der Waals surface area contributed by atoms with Gasteiger partial charge in [0, 0.05) is 4.47 Å². The number of rotatable bonds is 4. The third-order valence-electron chi connectivity index (χ3n) is 4.05. The lowest BCUT2D eigenvalue weighted by Crippen LogP contribution is -2.27. The highest BCUT2D eigenvalue weighted by atomic mass is 79.9. The fraction of sp³-hybridized carbons (Fsp3) is 0.600. The van der Waals surface area contributed by atoms with E-state index in [9.17, 15) is 5.11 Å². The Morgan fingerprint density at radius 2 is 2.06 bits per heavy atom. The first-order valence-corrected chi connectivity index (χ1v) is 7.42. The van der Waals surface area contributed by atoms with Crippen molar-refractivity contribution in [3.8, 4) is 0 Å². The molecule has 1 saturated carbocycles. The molecule has 0 heterocycles. The smallest absolute Gasteiger partial charge is 0.0897 e. The summed E-state index contributed by atoms with van der Waals surface area (Å²) < 4.78 is 1.05. The minimum Gasteiger partial charge on any atom is -0.385 e. The maximum atomic E-state index is 10.9. The van der Waals surface area contributed by atoms with E-state index >= 15 is 0 Å². The Kier molecular flexibility index (Phi) is 4.26. The van der Waals surface area contributed by atoms with Crippen LogP contribution in [0, 0.1) is 5.92 Å². The lowest BCUT2D eigenvalue weighted by Gasteiger charge is -2.30. The second kappa shape index (κ2) is 5.53. The highest BCUT2D eigenvalue weighted by Gasteiger charge is 2.31. The molecule has 94 valence electrons. The predicted octanol–water partition coefficient (Wildman–Crippen LogP) is 4.63. The monoisotopic (exact) mass is 296 g/mol. The van der Waals surface area contributed by atoms with Gasteiger partial charge in [-0.3, -0.25) is 0 Å². The van der Waals surface area contributed by atoms with Crippen LogP contribution in [0.3, 0.4) is 0 Å². The normalized spacial score (nSPS) is 20.4. The van der Waals surface area contributed by atoms with E-state index in [1.54, 1.807) is 0 Å². The van der Waals surface area contributed by atoms with Crippen molar-refractivity contribution in [1.29, 1.82) is 0 Å². The van der Waals surface area contributed by atoms with Gasteiger partial charge in [0.05, 0.1) is 5.60 Å². The van der Waals surface area contributed by atoms with Crippen molar-refractivity contribution >= 4 is 15.9 Å². The first-order chi connectivity index (χ1) is 8.14. The second-order valence-electron chi connectivity index (χ2n) is 5.25. The molecule has 17 heavy (non-hydrogen) atoms. The second-order valence-corrected chi connectivity index (χ2v) is 6.17. The standard InChI is InChI=1S/C15H21BrO/c1-2-15(17,11-12-6-3-4-7-12)13-8-5-9-14(16)10-13/h5,8-10,12,17H,2-4,6-7,11H2,1H3. The molecule has 2 heteroatoms. The first-order valence-electron chi connectivity index (χ1n) is 6.62. The van der Waals surface area contributed by atoms with Gasteiger partial charge in [0.25, 0.3) is 0 Å². The number of halogens is 1. The Hall–Kier alpha value is -0.340. The van der Waals surface area contributed by atoms with E-state index in [0.717, 1.165) is 22.9 Å². The molecule has 1 aliphatic carbocycles. The third kappa shape index (κ3) is 3.11. The van der Waals surface area contributed by atoms with Crippen molar-refractivity contribution in [2.24, 2.45) is 5.92 Å². The molecular weight excluding hydrogens is 276 g/mol. The maximum absolute atomic E-state index is 10.9. The highest BCUT2D eigenvalue weighted by Crippen LogP contribution is 2.39. The van der Waals surface area contributed by atoms with Crippen LogP contribution >= 0.6 is 15.9 Å². The Balaban J connectivity index is 2.17. The molecular formula is C15H21BrO. The molecule has 1 aliphatic rings. The largest absolute Gasteiger partial charge is 0.385 e.